The summed E-state index contributed by atoms with van der Waals surface area (Å²) >= 11 is 0. The number of nitrogens with zero attached hydrogens (tertiary/aromatic N) is 1. The van der Waals surface area contributed by atoms with Crippen molar-refractivity contribution in [3.63, 3.8) is 0 Å². The van der Waals surface area contributed by atoms with Crippen LogP contribution in [0.4, 0.5) is 0 Å². The summed E-state index contributed by atoms with van der Waals surface area (Å²) in [5.41, 5.74) is 6.10. The Morgan fingerprint density at radius 2 is 2.22 bits per heavy atom. The Morgan fingerprint density at radius 1 is 1.56 bits per heavy atom. The Balaban J connectivity index is 2.30. The summed E-state index contributed by atoms with van der Waals surface area (Å²) in [6.07, 6.45) is 1.06. The molecule has 18 heavy (non-hydrogen) atoms. The van der Waals surface area contributed by atoms with E-state index < -0.39 is 12.0 Å². The average Bonchev–Trinajstić information content (AvgIpc) is 2.59. The highest BCUT2D eigenvalue weighted by Gasteiger charge is 2.36. The number of hydrogen-bond donors (Lipinski definition) is 2. The summed E-state index contributed by atoms with van der Waals surface area (Å²) in [5.74, 6) is -0.616. The summed E-state index contributed by atoms with van der Waals surface area (Å²) in [5, 5.41) is 12.6. The first-order valence-corrected chi connectivity index (χ1v) is 5.79. The third-order valence-electron chi connectivity index (χ3n) is 3.12. The molecule has 1 atom stereocenters. The van der Waals surface area contributed by atoms with Crippen molar-refractivity contribution in [2.24, 2.45) is 11.1 Å². The number of carbonyl (C=O) groups excluding carboxylic acids is 1. The molecule has 6 nitrogen and oxygen atoms in total. The van der Waals surface area contributed by atoms with Crippen molar-refractivity contribution in [3.05, 3.63) is 17.0 Å². The summed E-state index contributed by atoms with van der Waals surface area (Å²) in [4.78, 5) is 22.8. The van der Waals surface area contributed by atoms with E-state index in [-0.39, 0.29) is 17.6 Å². The molecule has 1 aromatic rings. The molecule has 0 amide bonds. The van der Waals surface area contributed by atoms with Gasteiger partial charge in [-0.05, 0) is 5.41 Å². The zero-order valence-electron chi connectivity index (χ0n) is 10.4. The van der Waals surface area contributed by atoms with Crippen LogP contribution in [0.5, 0.6) is 0 Å². The zero-order chi connectivity index (χ0) is 13.5. The van der Waals surface area contributed by atoms with Crippen LogP contribution in [0.1, 0.15) is 42.1 Å². The first-order chi connectivity index (χ1) is 8.30. The molecule has 6 heteroatoms. The minimum atomic E-state index is -1.12. The maximum absolute atomic E-state index is 12.0. The van der Waals surface area contributed by atoms with E-state index >= 15 is 0 Å². The summed E-state index contributed by atoms with van der Waals surface area (Å²) in [6.45, 7) is 3.97. The monoisotopic (exact) mass is 252 g/mol. The number of carboxylic acid groups (broad SMARTS) is 1. The second kappa shape index (κ2) is 4.20. The lowest BCUT2D eigenvalue weighted by Crippen LogP contribution is -2.33. The van der Waals surface area contributed by atoms with E-state index in [1.807, 2.05) is 13.8 Å². The predicted octanol–water partition coefficient (Wildman–Crippen LogP) is 0.784. The third-order valence-corrected chi connectivity index (χ3v) is 3.12. The molecule has 0 bridgehead atoms. The van der Waals surface area contributed by atoms with Crippen molar-refractivity contribution >= 4 is 11.8 Å². The molecule has 0 saturated heterocycles. The van der Waals surface area contributed by atoms with Crippen molar-refractivity contribution in [1.29, 1.82) is 0 Å². The topological polar surface area (TPSA) is 106 Å². The number of fused-ring (bicyclic) bond motifs is 1. The Kier molecular flexibility index (Phi) is 2.98. The fraction of sp³-hybridized carbons (Fsp3) is 0.583. The fourth-order valence-electron chi connectivity index (χ4n) is 2.25. The highest BCUT2D eigenvalue weighted by molar-refractivity contribution is 5.99. The lowest BCUT2D eigenvalue weighted by molar-refractivity contribution is -0.138. The number of ketones is 1. The van der Waals surface area contributed by atoms with Gasteiger partial charge in [0.05, 0.1) is 11.3 Å². The van der Waals surface area contributed by atoms with E-state index in [1.165, 1.54) is 0 Å². The van der Waals surface area contributed by atoms with E-state index in [4.69, 9.17) is 15.4 Å². The van der Waals surface area contributed by atoms with E-state index in [9.17, 15) is 9.59 Å². The lowest BCUT2D eigenvalue weighted by Gasteiger charge is -2.26. The van der Waals surface area contributed by atoms with Crippen molar-refractivity contribution in [3.8, 4) is 0 Å². The molecule has 1 heterocycles. The van der Waals surface area contributed by atoms with E-state index in [1.54, 1.807) is 0 Å². The van der Waals surface area contributed by atoms with Crippen LogP contribution in [-0.2, 0) is 17.6 Å². The number of rotatable bonds is 3. The Morgan fingerprint density at radius 3 is 2.83 bits per heavy atom. The van der Waals surface area contributed by atoms with Gasteiger partial charge < -0.3 is 15.4 Å². The van der Waals surface area contributed by atoms with Gasteiger partial charge in [0.1, 0.15) is 11.8 Å². The molecule has 0 aromatic carbocycles. The van der Waals surface area contributed by atoms with Crippen molar-refractivity contribution in [1.82, 2.24) is 5.16 Å². The molecule has 0 saturated carbocycles. The van der Waals surface area contributed by atoms with Gasteiger partial charge in [-0.25, -0.2) is 0 Å². The van der Waals surface area contributed by atoms with E-state index in [2.05, 4.69) is 5.16 Å². The predicted molar refractivity (Wildman–Crippen MR) is 62.3 cm³/mol. The number of nitrogens with two attached hydrogens (primary N) is 1. The van der Waals surface area contributed by atoms with Gasteiger partial charge >= 0.3 is 5.97 Å². The van der Waals surface area contributed by atoms with Gasteiger partial charge in [-0.2, -0.15) is 0 Å². The van der Waals surface area contributed by atoms with E-state index in [0.717, 1.165) is 0 Å². The number of aromatic nitrogens is 1. The fourth-order valence-corrected chi connectivity index (χ4v) is 2.25. The van der Waals surface area contributed by atoms with E-state index in [0.29, 0.717) is 29.9 Å². The summed E-state index contributed by atoms with van der Waals surface area (Å²) < 4.78 is 5.15. The molecule has 0 spiro atoms. The second-order valence-corrected chi connectivity index (χ2v) is 5.52. The average molecular weight is 252 g/mol. The van der Waals surface area contributed by atoms with Gasteiger partial charge in [0.2, 0.25) is 0 Å². The number of carbonyl (C=O) groups is 2. The SMILES string of the molecule is CC1(C)CC(=O)c2c(C[C@H](N)C(=O)O)noc2C1. The minimum Gasteiger partial charge on any atom is -0.480 e. The molecule has 3 N–H and O–H groups in total. The molecular weight excluding hydrogens is 236 g/mol. The quantitative estimate of drug-likeness (QED) is 0.823. The molecule has 0 radical (unpaired) electrons. The maximum Gasteiger partial charge on any atom is 0.320 e. The molecule has 0 fully saturated rings. The molecular formula is C12H16N2O4. The van der Waals surface area contributed by atoms with Crippen LogP contribution >= 0.6 is 0 Å². The Labute approximate surface area is 104 Å². The number of Topliss-reactive ketones (excluding diaryl/α,β-unsaturated/α-hetero) is 1. The molecule has 98 valence electrons. The van der Waals surface area contributed by atoms with Crippen molar-refractivity contribution in [2.75, 3.05) is 0 Å². The molecule has 0 unspecified atom stereocenters. The van der Waals surface area contributed by atoms with Crippen LogP contribution in [0.3, 0.4) is 0 Å². The standard InChI is InChI=1S/C12H16N2O4/c1-12(2)4-8(15)10-7(3-6(13)11(16)17)14-18-9(10)5-12/h6H,3-5,13H2,1-2H3,(H,16,17)/t6-/m0/s1. The van der Waals surface area contributed by atoms with Crippen molar-refractivity contribution in [2.45, 2.75) is 39.2 Å². The lowest BCUT2D eigenvalue weighted by atomic mass is 9.76. The first kappa shape index (κ1) is 12.8. The van der Waals surface area contributed by atoms with Crippen LogP contribution in [0.25, 0.3) is 0 Å². The summed E-state index contributed by atoms with van der Waals surface area (Å²) in [7, 11) is 0. The molecule has 2 rings (SSSR count). The van der Waals surface area contributed by atoms with Gasteiger partial charge in [0.15, 0.2) is 5.78 Å². The third kappa shape index (κ3) is 2.28. The van der Waals surface area contributed by atoms with Crippen LogP contribution < -0.4 is 5.73 Å². The van der Waals surface area contributed by atoms with Gasteiger partial charge in [0.25, 0.3) is 0 Å². The highest BCUT2D eigenvalue weighted by Crippen LogP contribution is 2.36. The number of aliphatic carboxylic acids is 1. The molecule has 1 aliphatic rings. The number of carboxylic acids is 1. The molecule has 1 aromatic heterocycles. The van der Waals surface area contributed by atoms with Crippen LogP contribution in [-0.4, -0.2) is 28.1 Å². The van der Waals surface area contributed by atoms with Gasteiger partial charge in [-0.1, -0.05) is 19.0 Å². The Bertz CT molecular complexity index is 504. The first-order valence-electron chi connectivity index (χ1n) is 5.79. The minimum absolute atomic E-state index is 0.0142. The number of hydrogen-bond acceptors (Lipinski definition) is 5. The Hall–Kier alpha value is -1.69. The molecule has 1 aliphatic carbocycles. The summed E-state index contributed by atoms with van der Waals surface area (Å²) in [6, 6.07) is -1.07. The van der Waals surface area contributed by atoms with Gasteiger partial charge in [-0.3, -0.25) is 9.59 Å². The normalized spacial score (nSPS) is 19.4. The van der Waals surface area contributed by atoms with Crippen LogP contribution in [0.2, 0.25) is 0 Å². The van der Waals surface area contributed by atoms with Crippen molar-refractivity contribution < 1.29 is 19.2 Å². The maximum atomic E-state index is 12.0. The largest absolute Gasteiger partial charge is 0.480 e. The van der Waals surface area contributed by atoms with Crippen LogP contribution in [0.15, 0.2) is 4.52 Å². The highest BCUT2D eigenvalue weighted by atomic mass is 16.5. The smallest absolute Gasteiger partial charge is 0.320 e. The second-order valence-electron chi connectivity index (χ2n) is 5.52. The zero-order valence-corrected chi connectivity index (χ0v) is 10.4. The van der Waals surface area contributed by atoms with Gasteiger partial charge in [0, 0.05) is 19.3 Å². The molecule has 0 aliphatic heterocycles. The van der Waals surface area contributed by atoms with Crippen LogP contribution in [0, 0.1) is 5.41 Å². The van der Waals surface area contributed by atoms with Gasteiger partial charge in [-0.15, -0.1) is 0 Å².